The van der Waals surface area contributed by atoms with E-state index in [1.165, 1.54) is 12.1 Å². The molecule has 1 heterocycles. The van der Waals surface area contributed by atoms with E-state index in [0.717, 1.165) is 0 Å². The molecule has 0 bridgehead atoms. The van der Waals surface area contributed by atoms with Crippen LogP contribution >= 0.6 is 0 Å². The van der Waals surface area contributed by atoms with Gasteiger partial charge in [-0.2, -0.15) is 0 Å². The van der Waals surface area contributed by atoms with Crippen LogP contribution < -0.4 is 4.90 Å². The van der Waals surface area contributed by atoms with Gasteiger partial charge in [0.25, 0.3) is 5.69 Å². The van der Waals surface area contributed by atoms with Gasteiger partial charge in [0, 0.05) is 36.5 Å². The van der Waals surface area contributed by atoms with Gasteiger partial charge in [0.05, 0.1) is 23.0 Å². The molecule has 1 aromatic rings. The summed E-state index contributed by atoms with van der Waals surface area (Å²) in [5.74, 6) is 0.129. The van der Waals surface area contributed by atoms with Crippen LogP contribution in [-0.4, -0.2) is 43.0 Å². The highest BCUT2D eigenvalue weighted by Gasteiger charge is 2.23. The van der Waals surface area contributed by atoms with Crippen LogP contribution in [0.3, 0.4) is 0 Å². The molecule has 0 amide bonds. The minimum absolute atomic E-state index is 0.0643. The number of rotatable bonds is 3. The van der Waals surface area contributed by atoms with Gasteiger partial charge in [-0.15, -0.1) is 0 Å². The molecular formula is C11H14N2O5S. The molecule has 1 aliphatic heterocycles. The average molecular weight is 286 g/mol. The summed E-state index contributed by atoms with van der Waals surface area (Å²) in [6.45, 7) is 0.362. The topological polar surface area (TPSA) is 101 Å². The fourth-order valence-corrected chi connectivity index (χ4v) is 3.28. The third-order valence-corrected chi connectivity index (χ3v) is 4.74. The number of hydrogen-bond acceptors (Lipinski definition) is 6. The predicted octanol–water partition coefficient (Wildman–Crippen LogP) is 0.322. The van der Waals surface area contributed by atoms with Gasteiger partial charge in [-0.3, -0.25) is 10.1 Å². The molecule has 1 N–H and O–H groups in total. The lowest BCUT2D eigenvalue weighted by Crippen LogP contribution is -2.40. The Morgan fingerprint density at radius 2 is 1.95 bits per heavy atom. The quantitative estimate of drug-likeness (QED) is 0.634. The summed E-state index contributed by atoms with van der Waals surface area (Å²) in [5.41, 5.74) is 1.01. The second-order valence-electron chi connectivity index (χ2n) is 4.37. The van der Waals surface area contributed by atoms with Crippen LogP contribution in [-0.2, 0) is 16.4 Å². The number of anilines is 1. The molecule has 1 aliphatic rings. The van der Waals surface area contributed by atoms with E-state index in [0.29, 0.717) is 24.3 Å². The smallest absolute Gasteiger partial charge is 0.269 e. The zero-order chi connectivity index (χ0) is 14.0. The van der Waals surface area contributed by atoms with E-state index in [1.54, 1.807) is 6.07 Å². The molecule has 7 nitrogen and oxygen atoms in total. The average Bonchev–Trinajstić information content (AvgIpc) is 2.38. The second kappa shape index (κ2) is 5.14. The molecule has 2 rings (SSSR count). The van der Waals surface area contributed by atoms with Gasteiger partial charge < -0.3 is 10.0 Å². The van der Waals surface area contributed by atoms with Gasteiger partial charge in [0.1, 0.15) is 0 Å². The van der Waals surface area contributed by atoms with Crippen molar-refractivity contribution in [3.05, 3.63) is 33.9 Å². The summed E-state index contributed by atoms with van der Waals surface area (Å²) in [7, 11) is -2.98. The second-order valence-corrected chi connectivity index (χ2v) is 6.67. The van der Waals surface area contributed by atoms with E-state index in [-0.39, 0.29) is 23.8 Å². The number of aliphatic hydroxyl groups excluding tert-OH is 1. The zero-order valence-electron chi connectivity index (χ0n) is 10.2. The Labute approximate surface area is 110 Å². The molecule has 1 aromatic carbocycles. The van der Waals surface area contributed by atoms with E-state index in [2.05, 4.69) is 0 Å². The number of benzene rings is 1. The van der Waals surface area contributed by atoms with Crippen molar-refractivity contribution in [2.24, 2.45) is 0 Å². The lowest BCUT2D eigenvalue weighted by Gasteiger charge is -2.30. The molecule has 0 spiro atoms. The molecule has 0 saturated carbocycles. The van der Waals surface area contributed by atoms with E-state index in [4.69, 9.17) is 0 Å². The molecule has 0 unspecified atom stereocenters. The fourth-order valence-electron chi connectivity index (χ4n) is 2.07. The molecule has 8 heteroatoms. The fraction of sp³-hybridized carbons (Fsp3) is 0.455. The predicted molar refractivity (Wildman–Crippen MR) is 69.9 cm³/mol. The van der Waals surface area contributed by atoms with Crippen LogP contribution in [0, 0.1) is 10.1 Å². The normalized spacial score (nSPS) is 18.3. The van der Waals surface area contributed by atoms with Crippen LogP contribution in [0.1, 0.15) is 5.56 Å². The molecule has 0 aliphatic carbocycles. The van der Waals surface area contributed by atoms with Crippen LogP contribution in [0.4, 0.5) is 11.4 Å². The van der Waals surface area contributed by atoms with E-state index < -0.39 is 14.8 Å². The van der Waals surface area contributed by atoms with Crippen LogP contribution in [0.5, 0.6) is 0 Å². The molecule has 1 fully saturated rings. The molecule has 0 aromatic heterocycles. The number of hydrogen-bond donors (Lipinski definition) is 1. The van der Waals surface area contributed by atoms with Gasteiger partial charge >= 0.3 is 0 Å². The van der Waals surface area contributed by atoms with Crippen molar-refractivity contribution in [3.63, 3.8) is 0 Å². The maximum atomic E-state index is 11.4. The van der Waals surface area contributed by atoms with Crippen molar-refractivity contribution in [1.82, 2.24) is 0 Å². The van der Waals surface area contributed by atoms with Gasteiger partial charge in [-0.05, 0) is 6.07 Å². The van der Waals surface area contributed by atoms with Gasteiger partial charge in [0.2, 0.25) is 0 Å². The van der Waals surface area contributed by atoms with E-state index in [1.807, 2.05) is 4.90 Å². The summed E-state index contributed by atoms with van der Waals surface area (Å²) in [6.07, 6.45) is 0. The summed E-state index contributed by atoms with van der Waals surface area (Å²) in [6, 6.07) is 4.23. The highest BCUT2D eigenvalue weighted by atomic mass is 32.2. The molecule has 0 atom stereocenters. The molecular weight excluding hydrogens is 272 g/mol. The van der Waals surface area contributed by atoms with Crippen molar-refractivity contribution in [2.75, 3.05) is 29.5 Å². The summed E-state index contributed by atoms with van der Waals surface area (Å²) in [5, 5.41) is 20.0. The highest BCUT2D eigenvalue weighted by molar-refractivity contribution is 7.91. The van der Waals surface area contributed by atoms with Crippen molar-refractivity contribution in [2.45, 2.75) is 6.61 Å². The Bertz CT molecular complexity index is 585. The van der Waals surface area contributed by atoms with Gasteiger partial charge in [-0.1, -0.05) is 0 Å². The number of nitro groups is 1. The number of nitro benzene ring substituents is 1. The molecule has 1 saturated heterocycles. The first-order valence-electron chi connectivity index (χ1n) is 5.76. The maximum absolute atomic E-state index is 11.4. The lowest BCUT2D eigenvalue weighted by molar-refractivity contribution is -0.384. The Kier molecular flexibility index (Phi) is 3.72. The lowest BCUT2D eigenvalue weighted by atomic mass is 10.1. The number of sulfone groups is 1. The first kappa shape index (κ1) is 13.8. The minimum Gasteiger partial charge on any atom is -0.392 e. The maximum Gasteiger partial charge on any atom is 0.269 e. The minimum atomic E-state index is -2.98. The third-order valence-electron chi connectivity index (χ3n) is 3.13. The van der Waals surface area contributed by atoms with Crippen LogP contribution in [0.25, 0.3) is 0 Å². The summed E-state index contributed by atoms with van der Waals surface area (Å²) in [4.78, 5) is 12.0. The van der Waals surface area contributed by atoms with Crippen molar-refractivity contribution in [3.8, 4) is 0 Å². The van der Waals surface area contributed by atoms with E-state index >= 15 is 0 Å². The summed E-state index contributed by atoms with van der Waals surface area (Å²) < 4.78 is 22.7. The third kappa shape index (κ3) is 3.02. The monoisotopic (exact) mass is 286 g/mol. The Morgan fingerprint density at radius 3 is 2.47 bits per heavy atom. The SMILES string of the molecule is O=[N+]([O-])c1ccc(N2CCS(=O)(=O)CC2)c(CO)c1. The number of nitrogens with zero attached hydrogens (tertiary/aromatic N) is 2. The van der Waals surface area contributed by atoms with Gasteiger partial charge in [-0.25, -0.2) is 8.42 Å². The Morgan fingerprint density at radius 1 is 1.32 bits per heavy atom. The Balaban J connectivity index is 2.28. The first-order valence-corrected chi connectivity index (χ1v) is 7.58. The standard InChI is InChI=1S/C11H14N2O5S/c14-8-9-7-10(13(15)16)1-2-11(9)12-3-5-19(17,18)6-4-12/h1-2,7,14H,3-6,8H2. The van der Waals surface area contributed by atoms with E-state index in [9.17, 15) is 23.6 Å². The Hall–Kier alpha value is -1.67. The van der Waals surface area contributed by atoms with Crippen molar-refractivity contribution < 1.29 is 18.4 Å². The summed E-state index contributed by atoms with van der Waals surface area (Å²) >= 11 is 0. The van der Waals surface area contributed by atoms with Crippen molar-refractivity contribution >= 4 is 21.2 Å². The number of aliphatic hydroxyl groups is 1. The largest absolute Gasteiger partial charge is 0.392 e. The van der Waals surface area contributed by atoms with Crippen molar-refractivity contribution in [1.29, 1.82) is 0 Å². The molecule has 104 valence electrons. The van der Waals surface area contributed by atoms with Gasteiger partial charge in [0.15, 0.2) is 9.84 Å². The number of non-ortho nitro benzene ring substituents is 1. The zero-order valence-corrected chi connectivity index (χ0v) is 11.0. The highest BCUT2D eigenvalue weighted by Crippen LogP contribution is 2.26. The molecule has 0 radical (unpaired) electrons. The van der Waals surface area contributed by atoms with Crippen LogP contribution in [0.15, 0.2) is 18.2 Å². The molecule has 19 heavy (non-hydrogen) atoms. The van der Waals surface area contributed by atoms with Crippen LogP contribution in [0.2, 0.25) is 0 Å². The first-order chi connectivity index (χ1) is 8.93.